The number of amides is 1. The van der Waals surface area contributed by atoms with Crippen LogP contribution in [0.15, 0.2) is 29.7 Å². The van der Waals surface area contributed by atoms with Crippen LogP contribution in [0, 0.1) is 5.92 Å². The minimum Gasteiger partial charge on any atom is -0.481 e. The first-order valence-electron chi connectivity index (χ1n) is 8.77. The highest BCUT2D eigenvalue weighted by atomic mass is 32.1. The van der Waals surface area contributed by atoms with Gasteiger partial charge in [-0.1, -0.05) is 18.2 Å². The summed E-state index contributed by atoms with van der Waals surface area (Å²) in [6, 6.07) is 3.61. The zero-order valence-corrected chi connectivity index (χ0v) is 15.7. The lowest BCUT2D eigenvalue weighted by atomic mass is 9.97. The Morgan fingerprint density at radius 2 is 2.27 bits per heavy atom. The molecule has 1 amide bonds. The third kappa shape index (κ3) is 7.25. The summed E-state index contributed by atoms with van der Waals surface area (Å²) in [5.41, 5.74) is 5.64. The SMILES string of the molecule is C[C@@H]1OC[C@H](CC=CCCCC(=O)O)[C@H](CNNC(=O)c2cccs2)O1. The van der Waals surface area contributed by atoms with E-state index >= 15 is 0 Å². The van der Waals surface area contributed by atoms with E-state index in [1.807, 2.05) is 30.5 Å². The van der Waals surface area contributed by atoms with Gasteiger partial charge in [-0.25, -0.2) is 5.43 Å². The Balaban J connectivity index is 1.73. The molecule has 2 rings (SSSR count). The first-order chi connectivity index (χ1) is 12.6. The van der Waals surface area contributed by atoms with Crippen LogP contribution in [0.25, 0.3) is 0 Å². The van der Waals surface area contributed by atoms with E-state index in [2.05, 4.69) is 10.9 Å². The van der Waals surface area contributed by atoms with E-state index in [0.29, 0.717) is 24.4 Å². The second-order valence-corrected chi connectivity index (χ2v) is 7.09. The van der Waals surface area contributed by atoms with Crippen LogP contribution in [0.3, 0.4) is 0 Å². The van der Waals surface area contributed by atoms with Crippen LogP contribution in [0.2, 0.25) is 0 Å². The van der Waals surface area contributed by atoms with Gasteiger partial charge in [-0.15, -0.1) is 11.3 Å². The molecule has 1 aliphatic rings. The number of thiophene rings is 1. The molecular formula is C18H26N2O5S. The fraction of sp³-hybridized carbons (Fsp3) is 0.556. The molecule has 1 fully saturated rings. The molecule has 0 saturated carbocycles. The van der Waals surface area contributed by atoms with Gasteiger partial charge in [0.2, 0.25) is 0 Å². The Hall–Kier alpha value is -1.74. The van der Waals surface area contributed by atoms with E-state index < -0.39 is 5.97 Å². The van der Waals surface area contributed by atoms with Crippen molar-refractivity contribution in [3.8, 4) is 0 Å². The van der Waals surface area contributed by atoms with Crippen molar-refractivity contribution in [1.29, 1.82) is 0 Å². The average molecular weight is 382 g/mol. The number of hydrogen-bond donors (Lipinski definition) is 3. The maximum Gasteiger partial charge on any atom is 0.303 e. The molecule has 1 saturated heterocycles. The summed E-state index contributed by atoms with van der Waals surface area (Å²) < 4.78 is 11.4. The van der Waals surface area contributed by atoms with E-state index in [0.717, 1.165) is 12.8 Å². The van der Waals surface area contributed by atoms with Crippen molar-refractivity contribution >= 4 is 23.2 Å². The van der Waals surface area contributed by atoms with Gasteiger partial charge in [-0.3, -0.25) is 15.0 Å². The third-order valence-corrected chi connectivity index (χ3v) is 4.92. The van der Waals surface area contributed by atoms with Gasteiger partial charge >= 0.3 is 5.97 Å². The van der Waals surface area contributed by atoms with Crippen molar-refractivity contribution in [1.82, 2.24) is 10.9 Å². The maximum atomic E-state index is 11.9. The number of carbonyl (C=O) groups excluding carboxylic acids is 1. The molecular weight excluding hydrogens is 356 g/mol. The van der Waals surface area contributed by atoms with Gasteiger partial charge in [0.25, 0.3) is 5.91 Å². The van der Waals surface area contributed by atoms with Gasteiger partial charge < -0.3 is 14.6 Å². The summed E-state index contributed by atoms with van der Waals surface area (Å²) in [6.07, 6.45) is 6.06. The molecule has 0 spiro atoms. The largest absolute Gasteiger partial charge is 0.481 e. The first-order valence-corrected chi connectivity index (χ1v) is 9.64. The van der Waals surface area contributed by atoms with E-state index in [-0.39, 0.29) is 30.6 Å². The lowest BCUT2D eigenvalue weighted by Crippen LogP contribution is -2.48. The van der Waals surface area contributed by atoms with Gasteiger partial charge in [0, 0.05) is 18.9 Å². The topological polar surface area (TPSA) is 96.9 Å². The number of nitrogens with one attached hydrogen (secondary N) is 2. The Morgan fingerprint density at radius 3 is 3.00 bits per heavy atom. The van der Waals surface area contributed by atoms with Gasteiger partial charge in [0.1, 0.15) is 0 Å². The molecule has 1 aromatic heterocycles. The fourth-order valence-corrected chi connectivity index (χ4v) is 3.28. The summed E-state index contributed by atoms with van der Waals surface area (Å²) in [5.74, 6) is -0.750. The van der Waals surface area contributed by atoms with E-state index in [4.69, 9.17) is 14.6 Å². The van der Waals surface area contributed by atoms with Crippen molar-refractivity contribution in [2.24, 2.45) is 5.92 Å². The van der Waals surface area contributed by atoms with Gasteiger partial charge in [-0.05, 0) is 37.6 Å². The lowest BCUT2D eigenvalue weighted by molar-refractivity contribution is -0.225. The van der Waals surface area contributed by atoms with Crippen molar-refractivity contribution in [2.75, 3.05) is 13.2 Å². The molecule has 0 aromatic carbocycles. The number of carboxylic acid groups (broad SMARTS) is 1. The second kappa shape index (κ2) is 11.1. The van der Waals surface area contributed by atoms with Crippen LogP contribution in [-0.2, 0) is 14.3 Å². The predicted molar refractivity (Wildman–Crippen MR) is 98.8 cm³/mol. The predicted octanol–water partition coefficient (Wildman–Crippen LogP) is 2.56. The molecule has 1 aliphatic heterocycles. The lowest BCUT2D eigenvalue weighted by Gasteiger charge is -2.35. The van der Waals surface area contributed by atoms with Gasteiger partial charge in [0.15, 0.2) is 6.29 Å². The van der Waals surface area contributed by atoms with Crippen LogP contribution in [0.1, 0.15) is 42.3 Å². The molecule has 7 nitrogen and oxygen atoms in total. The standard InChI is InChI=1S/C18H26N2O5S/c1-13-24-12-14(7-4-2-3-5-9-17(21)22)15(25-13)11-19-20-18(23)16-8-6-10-26-16/h2,4,6,8,10,13-15,19H,3,5,7,9,11-12H2,1H3,(H,20,23)(H,21,22)/t13-,14+,15+/m1/s1. The van der Waals surface area contributed by atoms with E-state index in [9.17, 15) is 9.59 Å². The molecule has 0 unspecified atom stereocenters. The number of ether oxygens (including phenoxy) is 2. The normalized spacial score (nSPS) is 23.2. The highest BCUT2D eigenvalue weighted by Gasteiger charge is 2.29. The molecule has 26 heavy (non-hydrogen) atoms. The highest BCUT2D eigenvalue weighted by Crippen LogP contribution is 2.22. The van der Waals surface area contributed by atoms with Crippen molar-refractivity contribution < 1.29 is 24.2 Å². The Labute approximate surface area is 157 Å². The van der Waals surface area contributed by atoms with Crippen LogP contribution in [0.5, 0.6) is 0 Å². The second-order valence-electron chi connectivity index (χ2n) is 6.14. The zero-order chi connectivity index (χ0) is 18.8. The number of carbonyl (C=O) groups is 2. The van der Waals surface area contributed by atoms with Crippen LogP contribution in [-0.4, -0.2) is 42.5 Å². The summed E-state index contributed by atoms with van der Waals surface area (Å²) in [4.78, 5) is 23.1. The number of aliphatic carboxylic acids is 1. The Morgan fingerprint density at radius 1 is 1.42 bits per heavy atom. The Bertz CT molecular complexity index is 590. The number of hydrazine groups is 1. The monoisotopic (exact) mass is 382 g/mol. The average Bonchev–Trinajstić information content (AvgIpc) is 3.14. The highest BCUT2D eigenvalue weighted by molar-refractivity contribution is 7.12. The molecule has 2 heterocycles. The molecule has 8 heteroatoms. The van der Waals surface area contributed by atoms with Crippen LogP contribution >= 0.6 is 11.3 Å². The number of hydrogen-bond acceptors (Lipinski definition) is 6. The van der Waals surface area contributed by atoms with E-state index in [1.54, 1.807) is 6.07 Å². The first kappa shape index (κ1) is 20.6. The molecule has 1 aromatic rings. The maximum absolute atomic E-state index is 11.9. The zero-order valence-electron chi connectivity index (χ0n) is 14.8. The molecule has 3 atom stereocenters. The minimum absolute atomic E-state index is 0.0777. The summed E-state index contributed by atoms with van der Waals surface area (Å²) in [7, 11) is 0. The third-order valence-electron chi connectivity index (χ3n) is 4.05. The Kier molecular flexibility index (Phi) is 8.76. The minimum atomic E-state index is -0.766. The van der Waals surface area contributed by atoms with Crippen molar-refractivity contribution in [3.05, 3.63) is 34.5 Å². The van der Waals surface area contributed by atoms with Crippen LogP contribution in [0.4, 0.5) is 0 Å². The van der Waals surface area contributed by atoms with Gasteiger partial charge in [0.05, 0.1) is 17.6 Å². The summed E-state index contributed by atoms with van der Waals surface area (Å²) >= 11 is 1.39. The summed E-state index contributed by atoms with van der Waals surface area (Å²) in [5, 5.41) is 10.5. The number of carboxylic acids is 1. The van der Waals surface area contributed by atoms with Gasteiger partial charge in [-0.2, -0.15) is 0 Å². The molecule has 0 aliphatic carbocycles. The van der Waals surface area contributed by atoms with E-state index in [1.165, 1.54) is 11.3 Å². The molecule has 0 bridgehead atoms. The smallest absolute Gasteiger partial charge is 0.303 e. The quantitative estimate of drug-likeness (QED) is 0.327. The van der Waals surface area contributed by atoms with Crippen LogP contribution < -0.4 is 10.9 Å². The molecule has 0 radical (unpaired) electrons. The number of unbranched alkanes of at least 4 members (excludes halogenated alkanes) is 1. The van der Waals surface area contributed by atoms with Crippen molar-refractivity contribution in [3.63, 3.8) is 0 Å². The number of allylic oxidation sites excluding steroid dienone is 2. The summed E-state index contributed by atoms with van der Waals surface area (Å²) in [6.45, 7) is 2.93. The number of rotatable bonds is 10. The van der Waals surface area contributed by atoms with Crippen molar-refractivity contribution in [2.45, 2.75) is 45.0 Å². The molecule has 144 valence electrons. The molecule has 3 N–H and O–H groups in total. The fourth-order valence-electron chi connectivity index (χ4n) is 2.66.